The molecule has 0 atom stereocenters. The molecule has 0 saturated carbocycles. The SMILES string of the molecule is C=C1C(=O)N(Nc2ccc(NCCN3CCOCC3)cc2)c2ccccc21. The van der Waals surface area contributed by atoms with Crippen LogP contribution in [0.25, 0.3) is 5.57 Å². The van der Waals surface area contributed by atoms with Crippen molar-refractivity contribution in [1.29, 1.82) is 0 Å². The zero-order valence-electron chi connectivity index (χ0n) is 15.3. The van der Waals surface area contributed by atoms with Crippen LogP contribution in [0, 0.1) is 0 Å². The van der Waals surface area contributed by atoms with E-state index in [1.165, 1.54) is 0 Å². The number of nitrogens with zero attached hydrogens (tertiary/aromatic N) is 2. The highest BCUT2D eigenvalue weighted by Crippen LogP contribution is 2.35. The fourth-order valence-electron chi connectivity index (χ4n) is 3.37. The molecular formula is C21H24N4O2. The summed E-state index contributed by atoms with van der Waals surface area (Å²) in [6, 6.07) is 15.6. The summed E-state index contributed by atoms with van der Waals surface area (Å²) < 4.78 is 5.37. The summed E-state index contributed by atoms with van der Waals surface area (Å²) in [5.41, 5.74) is 7.32. The van der Waals surface area contributed by atoms with Crippen LogP contribution >= 0.6 is 0 Å². The molecule has 140 valence electrons. The predicted molar refractivity (Wildman–Crippen MR) is 109 cm³/mol. The van der Waals surface area contributed by atoms with Crippen molar-refractivity contribution in [3.05, 3.63) is 60.7 Å². The normalized spacial score (nSPS) is 17.1. The average Bonchev–Trinajstić information content (AvgIpc) is 2.95. The second-order valence-corrected chi connectivity index (χ2v) is 6.71. The van der Waals surface area contributed by atoms with Gasteiger partial charge in [0, 0.05) is 43.0 Å². The fraction of sp³-hybridized carbons (Fsp3) is 0.286. The van der Waals surface area contributed by atoms with E-state index < -0.39 is 0 Å². The summed E-state index contributed by atoms with van der Waals surface area (Å²) in [5, 5.41) is 4.99. The van der Waals surface area contributed by atoms with Crippen molar-refractivity contribution in [3.8, 4) is 0 Å². The summed E-state index contributed by atoms with van der Waals surface area (Å²) >= 11 is 0. The number of hydrogen-bond donors (Lipinski definition) is 2. The number of ether oxygens (including phenoxy) is 1. The van der Waals surface area contributed by atoms with Crippen LogP contribution in [0.4, 0.5) is 17.1 Å². The number of benzene rings is 2. The van der Waals surface area contributed by atoms with Gasteiger partial charge < -0.3 is 10.1 Å². The largest absolute Gasteiger partial charge is 0.384 e. The Kier molecular flexibility index (Phi) is 5.09. The van der Waals surface area contributed by atoms with Crippen molar-refractivity contribution in [2.24, 2.45) is 0 Å². The number of hydrazine groups is 1. The van der Waals surface area contributed by atoms with Crippen molar-refractivity contribution in [2.45, 2.75) is 0 Å². The smallest absolute Gasteiger partial charge is 0.277 e. The zero-order chi connectivity index (χ0) is 18.6. The van der Waals surface area contributed by atoms with Gasteiger partial charge in [-0.25, -0.2) is 5.01 Å². The molecule has 2 aromatic carbocycles. The Balaban J connectivity index is 1.34. The number of carbonyl (C=O) groups is 1. The number of carbonyl (C=O) groups excluding carboxylic acids is 1. The van der Waals surface area contributed by atoms with Crippen LogP contribution in [-0.4, -0.2) is 50.2 Å². The molecular weight excluding hydrogens is 340 g/mol. The second kappa shape index (κ2) is 7.82. The number of nitrogens with one attached hydrogen (secondary N) is 2. The lowest BCUT2D eigenvalue weighted by molar-refractivity contribution is -0.112. The first-order valence-electron chi connectivity index (χ1n) is 9.26. The van der Waals surface area contributed by atoms with Crippen LogP contribution in [0.1, 0.15) is 5.56 Å². The predicted octanol–water partition coefficient (Wildman–Crippen LogP) is 2.82. The second-order valence-electron chi connectivity index (χ2n) is 6.71. The number of morpholine rings is 1. The molecule has 0 aromatic heterocycles. The Bertz CT molecular complexity index is 828. The number of anilines is 3. The average molecular weight is 364 g/mol. The Hall–Kier alpha value is -2.83. The summed E-state index contributed by atoms with van der Waals surface area (Å²) in [7, 11) is 0. The molecule has 1 amide bonds. The summed E-state index contributed by atoms with van der Waals surface area (Å²) in [5.74, 6) is -0.121. The number of para-hydroxylation sites is 1. The zero-order valence-corrected chi connectivity index (χ0v) is 15.3. The van der Waals surface area contributed by atoms with E-state index in [9.17, 15) is 4.79 Å². The van der Waals surface area contributed by atoms with Crippen molar-refractivity contribution in [3.63, 3.8) is 0 Å². The molecule has 1 saturated heterocycles. The van der Waals surface area contributed by atoms with E-state index >= 15 is 0 Å². The first-order chi connectivity index (χ1) is 13.2. The van der Waals surface area contributed by atoms with E-state index in [0.717, 1.165) is 62.0 Å². The van der Waals surface area contributed by atoms with Gasteiger partial charge in [0.25, 0.3) is 5.91 Å². The van der Waals surface area contributed by atoms with Crippen molar-refractivity contribution in [2.75, 3.05) is 55.1 Å². The molecule has 2 aromatic rings. The molecule has 2 aliphatic heterocycles. The number of hydrogen-bond acceptors (Lipinski definition) is 5. The molecule has 0 unspecified atom stereocenters. The van der Waals surface area contributed by atoms with Crippen molar-refractivity contribution in [1.82, 2.24) is 4.90 Å². The topological polar surface area (TPSA) is 56.8 Å². The number of rotatable bonds is 6. The molecule has 2 heterocycles. The number of fused-ring (bicyclic) bond motifs is 1. The molecule has 4 rings (SSSR count). The molecule has 2 N–H and O–H groups in total. The van der Waals surface area contributed by atoms with E-state index in [0.29, 0.717) is 5.57 Å². The standard InChI is InChI=1S/C21H24N4O2/c1-16-19-4-2-3-5-20(19)25(21(16)26)23-18-8-6-17(7-9-18)22-10-11-24-12-14-27-15-13-24/h2-9,22-23H,1,10-15H2. The van der Waals surface area contributed by atoms with Crippen LogP contribution in [-0.2, 0) is 9.53 Å². The quantitative estimate of drug-likeness (QED) is 0.772. The molecule has 6 nitrogen and oxygen atoms in total. The maximum atomic E-state index is 12.5. The maximum absolute atomic E-state index is 12.5. The van der Waals surface area contributed by atoms with Crippen LogP contribution in [0.3, 0.4) is 0 Å². The molecule has 27 heavy (non-hydrogen) atoms. The third-order valence-electron chi connectivity index (χ3n) is 4.92. The van der Waals surface area contributed by atoms with Gasteiger partial charge in [0.15, 0.2) is 0 Å². The van der Waals surface area contributed by atoms with Crippen molar-refractivity contribution >= 4 is 28.5 Å². The Morgan fingerprint density at radius 1 is 1.00 bits per heavy atom. The molecule has 0 radical (unpaired) electrons. The molecule has 2 aliphatic rings. The lowest BCUT2D eigenvalue weighted by Crippen LogP contribution is -2.39. The fourth-order valence-corrected chi connectivity index (χ4v) is 3.37. The van der Waals surface area contributed by atoms with Gasteiger partial charge in [-0.2, -0.15) is 0 Å². The van der Waals surface area contributed by atoms with E-state index in [1.54, 1.807) is 5.01 Å². The van der Waals surface area contributed by atoms with Crippen LogP contribution < -0.4 is 15.8 Å². The highest BCUT2D eigenvalue weighted by Gasteiger charge is 2.30. The molecule has 0 spiro atoms. The highest BCUT2D eigenvalue weighted by atomic mass is 16.5. The van der Waals surface area contributed by atoms with Gasteiger partial charge in [-0.3, -0.25) is 15.1 Å². The minimum absolute atomic E-state index is 0.121. The van der Waals surface area contributed by atoms with E-state index in [2.05, 4.69) is 22.2 Å². The van der Waals surface area contributed by atoms with Crippen LogP contribution in [0.5, 0.6) is 0 Å². The summed E-state index contributed by atoms with van der Waals surface area (Å²) in [6.45, 7) is 9.45. The van der Waals surface area contributed by atoms with Gasteiger partial charge in [-0.15, -0.1) is 0 Å². The first-order valence-corrected chi connectivity index (χ1v) is 9.26. The van der Waals surface area contributed by atoms with E-state index in [4.69, 9.17) is 4.74 Å². The third-order valence-corrected chi connectivity index (χ3v) is 4.92. The van der Waals surface area contributed by atoms with E-state index in [1.807, 2.05) is 48.5 Å². The molecule has 0 aliphatic carbocycles. The van der Waals surface area contributed by atoms with Gasteiger partial charge in [0.1, 0.15) is 0 Å². The monoisotopic (exact) mass is 364 g/mol. The summed E-state index contributed by atoms with van der Waals surface area (Å²) in [6.07, 6.45) is 0. The van der Waals surface area contributed by atoms with Crippen LogP contribution in [0.15, 0.2) is 55.1 Å². The van der Waals surface area contributed by atoms with Gasteiger partial charge in [-0.1, -0.05) is 24.8 Å². The molecule has 1 fully saturated rings. The Morgan fingerprint density at radius 2 is 1.70 bits per heavy atom. The van der Waals surface area contributed by atoms with Gasteiger partial charge in [0.05, 0.1) is 24.6 Å². The summed E-state index contributed by atoms with van der Waals surface area (Å²) in [4.78, 5) is 14.9. The number of amides is 1. The Labute approximate surface area is 159 Å². The third kappa shape index (κ3) is 3.82. The van der Waals surface area contributed by atoms with E-state index in [-0.39, 0.29) is 5.91 Å². The lowest BCUT2D eigenvalue weighted by atomic mass is 10.1. The van der Waals surface area contributed by atoms with Crippen molar-refractivity contribution < 1.29 is 9.53 Å². The minimum Gasteiger partial charge on any atom is -0.384 e. The Morgan fingerprint density at radius 3 is 2.48 bits per heavy atom. The van der Waals surface area contributed by atoms with Crippen LogP contribution in [0.2, 0.25) is 0 Å². The van der Waals surface area contributed by atoms with Gasteiger partial charge in [-0.05, 0) is 30.3 Å². The highest BCUT2D eigenvalue weighted by molar-refractivity contribution is 6.32. The maximum Gasteiger partial charge on any atom is 0.277 e. The van der Waals surface area contributed by atoms with Gasteiger partial charge in [0.2, 0.25) is 0 Å². The molecule has 0 bridgehead atoms. The lowest BCUT2D eigenvalue weighted by Gasteiger charge is -2.26. The minimum atomic E-state index is -0.121. The molecule has 6 heteroatoms. The first kappa shape index (κ1) is 17.6. The van der Waals surface area contributed by atoms with Gasteiger partial charge >= 0.3 is 0 Å².